The second-order valence-electron chi connectivity index (χ2n) is 8.52. The number of hydrogen-bond acceptors (Lipinski definition) is 6. The number of carboxylic acid groups (broad SMARTS) is 1. The molecule has 0 bridgehead atoms. The molecule has 11 heteroatoms. The third kappa shape index (κ3) is 7.93. The summed E-state index contributed by atoms with van der Waals surface area (Å²) in [6.45, 7) is 0.423. The van der Waals surface area contributed by atoms with Crippen LogP contribution in [0.1, 0.15) is 47.3 Å². The van der Waals surface area contributed by atoms with Crippen molar-refractivity contribution in [2.75, 3.05) is 25.0 Å². The molecule has 192 valence electrons. The minimum Gasteiger partial charge on any atom is -0.481 e. The van der Waals surface area contributed by atoms with Crippen molar-refractivity contribution in [3.05, 3.63) is 57.2 Å². The molecule has 1 aromatic carbocycles. The number of halogens is 2. The van der Waals surface area contributed by atoms with E-state index >= 15 is 0 Å². The predicted molar refractivity (Wildman–Crippen MR) is 137 cm³/mol. The maximum absolute atomic E-state index is 12.5. The lowest BCUT2D eigenvalue weighted by Gasteiger charge is -2.17. The highest BCUT2D eigenvalue weighted by molar-refractivity contribution is 6.39. The average Bonchev–Trinajstić information content (AvgIpc) is 2.85. The number of carbonyl (C=O) groups excluding carboxylic acids is 3. The molecular weight excluding hydrogens is 507 g/mol. The van der Waals surface area contributed by atoms with E-state index in [1.807, 2.05) is 12.1 Å². The summed E-state index contributed by atoms with van der Waals surface area (Å²) >= 11 is 12.1. The number of hydrogen-bond donors (Lipinski definition) is 4. The lowest BCUT2D eigenvalue weighted by atomic mass is 9.98. The van der Waals surface area contributed by atoms with Crippen LogP contribution in [-0.2, 0) is 27.2 Å². The van der Waals surface area contributed by atoms with Crippen molar-refractivity contribution in [1.82, 2.24) is 15.6 Å². The summed E-state index contributed by atoms with van der Waals surface area (Å²) in [6, 6.07) is 8.60. The maximum Gasteiger partial charge on any atom is 0.308 e. The van der Waals surface area contributed by atoms with Crippen molar-refractivity contribution in [3.63, 3.8) is 0 Å². The lowest BCUT2D eigenvalue weighted by molar-refractivity contribution is -0.142. The van der Waals surface area contributed by atoms with Gasteiger partial charge in [0.2, 0.25) is 11.8 Å². The molecule has 0 unspecified atom stereocenters. The largest absolute Gasteiger partial charge is 0.481 e. The first-order valence-corrected chi connectivity index (χ1v) is 12.5. The van der Waals surface area contributed by atoms with Crippen LogP contribution in [0.4, 0.5) is 5.82 Å². The van der Waals surface area contributed by atoms with Gasteiger partial charge in [0.25, 0.3) is 0 Å². The molecule has 0 saturated carbocycles. The number of nitrogens with zero attached hydrogens (tertiary/aromatic N) is 1. The second-order valence-corrected chi connectivity index (χ2v) is 9.33. The van der Waals surface area contributed by atoms with Gasteiger partial charge in [-0.15, -0.1) is 0 Å². The van der Waals surface area contributed by atoms with E-state index in [1.54, 1.807) is 6.07 Å². The van der Waals surface area contributed by atoms with Gasteiger partial charge in [-0.2, -0.15) is 0 Å². The van der Waals surface area contributed by atoms with Gasteiger partial charge in [0.1, 0.15) is 5.82 Å². The van der Waals surface area contributed by atoms with E-state index in [2.05, 4.69) is 20.9 Å². The van der Waals surface area contributed by atoms with E-state index in [0.717, 1.165) is 30.9 Å². The quantitative estimate of drug-likeness (QED) is 0.306. The number of fused-ring (bicyclic) bond motifs is 1. The van der Waals surface area contributed by atoms with Crippen molar-refractivity contribution in [3.8, 4) is 0 Å². The molecular formula is C25H28Cl2N4O5. The van der Waals surface area contributed by atoms with Crippen LogP contribution in [0.3, 0.4) is 0 Å². The fourth-order valence-corrected chi connectivity index (χ4v) is 4.43. The van der Waals surface area contributed by atoms with Crippen LogP contribution in [0.5, 0.6) is 0 Å². The Kier molecular flexibility index (Phi) is 10.1. The number of pyridine rings is 1. The Hall–Kier alpha value is -3.17. The Morgan fingerprint density at radius 2 is 1.78 bits per heavy atom. The minimum atomic E-state index is -1.15. The first-order chi connectivity index (χ1) is 17.2. The highest BCUT2D eigenvalue weighted by atomic mass is 35.5. The molecule has 0 spiro atoms. The Labute approximate surface area is 219 Å². The van der Waals surface area contributed by atoms with Crippen molar-refractivity contribution >= 4 is 52.6 Å². The molecule has 1 aromatic heterocycles. The first kappa shape index (κ1) is 27.4. The number of nitrogens with one attached hydrogen (secondary N) is 3. The van der Waals surface area contributed by atoms with Crippen LogP contribution >= 0.6 is 23.2 Å². The highest BCUT2D eigenvalue weighted by Crippen LogP contribution is 2.26. The standard InChI is InChI=1S/C25H28Cl2N4O5/c26-18-4-1-5-19(27)23(18)20(32)10-7-16(25(35)36)13-29-22(34)14-30-21(33)11-9-17-8-6-15-3-2-12-28-24(15)31-17/h1,4-6,8,16H,2-3,7,9-14H2,(H,28,31)(H,29,34)(H,30,33)(H,35,36)/t16-/m0/s1. The Morgan fingerprint density at radius 3 is 2.50 bits per heavy atom. The topological polar surface area (TPSA) is 137 Å². The number of ketones is 1. The van der Waals surface area contributed by atoms with Crippen LogP contribution in [0.2, 0.25) is 10.0 Å². The number of carboxylic acids is 1. The van der Waals surface area contributed by atoms with Gasteiger partial charge in [0, 0.05) is 31.6 Å². The number of anilines is 1. The van der Waals surface area contributed by atoms with Crippen molar-refractivity contribution in [2.24, 2.45) is 5.92 Å². The number of aromatic nitrogens is 1. The van der Waals surface area contributed by atoms with Crippen molar-refractivity contribution in [1.29, 1.82) is 0 Å². The van der Waals surface area contributed by atoms with Crippen LogP contribution in [0.15, 0.2) is 30.3 Å². The van der Waals surface area contributed by atoms with E-state index < -0.39 is 17.8 Å². The van der Waals surface area contributed by atoms with Crippen LogP contribution in [-0.4, -0.2) is 53.3 Å². The molecule has 2 amide bonds. The van der Waals surface area contributed by atoms with E-state index in [1.165, 1.54) is 17.7 Å². The molecule has 2 aromatic rings. The van der Waals surface area contributed by atoms with Gasteiger partial charge in [0.15, 0.2) is 5.78 Å². The van der Waals surface area contributed by atoms with E-state index in [4.69, 9.17) is 23.2 Å². The lowest BCUT2D eigenvalue weighted by Crippen LogP contribution is -2.40. The van der Waals surface area contributed by atoms with Gasteiger partial charge < -0.3 is 21.1 Å². The number of amides is 2. The summed E-state index contributed by atoms with van der Waals surface area (Å²) in [5.41, 5.74) is 2.11. The molecule has 1 atom stereocenters. The third-order valence-electron chi connectivity index (χ3n) is 5.86. The van der Waals surface area contributed by atoms with Crippen molar-refractivity contribution < 1.29 is 24.3 Å². The molecule has 1 aliphatic rings. The fraction of sp³-hybridized carbons (Fsp3) is 0.400. The molecule has 9 nitrogen and oxygen atoms in total. The normalized spacial score (nSPS) is 13.2. The third-order valence-corrected chi connectivity index (χ3v) is 6.49. The zero-order chi connectivity index (χ0) is 26.1. The predicted octanol–water partition coefficient (Wildman–Crippen LogP) is 3.28. The number of benzene rings is 1. The van der Waals surface area contributed by atoms with Gasteiger partial charge in [-0.25, -0.2) is 4.98 Å². The first-order valence-electron chi connectivity index (χ1n) is 11.7. The van der Waals surface area contributed by atoms with E-state index in [0.29, 0.717) is 6.42 Å². The number of aryl methyl sites for hydroxylation is 2. The molecule has 0 fully saturated rings. The smallest absolute Gasteiger partial charge is 0.308 e. The summed E-state index contributed by atoms with van der Waals surface area (Å²) < 4.78 is 0. The summed E-state index contributed by atoms with van der Waals surface area (Å²) in [5, 5.41) is 18.1. The second kappa shape index (κ2) is 13.2. The molecule has 1 aliphatic heterocycles. The van der Waals surface area contributed by atoms with Gasteiger partial charge in [0.05, 0.1) is 28.1 Å². The summed E-state index contributed by atoms with van der Waals surface area (Å²) in [4.78, 5) is 52.8. The van der Waals surface area contributed by atoms with Gasteiger partial charge >= 0.3 is 5.97 Å². The molecule has 0 saturated heterocycles. The molecule has 3 rings (SSSR count). The highest BCUT2D eigenvalue weighted by Gasteiger charge is 2.22. The number of rotatable bonds is 12. The number of carbonyl (C=O) groups is 4. The molecule has 4 N–H and O–H groups in total. The zero-order valence-electron chi connectivity index (χ0n) is 19.6. The van der Waals surface area contributed by atoms with Crippen LogP contribution in [0.25, 0.3) is 0 Å². The molecule has 36 heavy (non-hydrogen) atoms. The molecule has 0 aliphatic carbocycles. The summed E-state index contributed by atoms with van der Waals surface area (Å²) in [7, 11) is 0. The Morgan fingerprint density at radius 1 is 1.03 bits per heavy atom. The van der Waals surface area contributed by atoms with Gasteiger partial charge in [-0.05, 0) is 49.4 Å². The Bertz CT molecular complexity index is 1120. The van der Waals surface area contributed by atoms with Gasteiger partial charge in [-0.3, -0.25) is 19.2 Å². The molecule has 2 heterocycles. The minimum absolute atomic E-state index is 0.00894. The average molecular weight is 535 g/mol. The van der Waals surface area contributed by atoms with Crippen LogP contribution < -0.4 is 16.0 Å². The number of aliphatic carboxylic acids is 1. The van der Waals surface area contributed by atoms with E-state index in [-0.39, 0.29) is 59.7 Å². The fourth-order valence-electron chi connectivity index (χ4n) is 3.82. The summed E-state index contributed by atoms with van der Waals surface area (Å²) in [5.74, 6) is -2.48. The van der Waals surface area contributed by atoms with Crippen LogP contribution in [0, 0.1) is 5.92 Å². The number of Topliss-reactive ketones (excluding diaryl/α,β-unsaturated/α-hetero) is 1. The van der Waals surface area contributed by atoms with Gasteiger partial charge in [-0.1, -0.05) is 35.3 Å². The van der Waals surface area contributed by atoms with Crippen molar-refractivity contribution in [2.45, 2.75) is 38.5 Å². The Balaban J connectivity index is 1.38. The summed E-state index contributed by atoms with van der Waals surface area (Å²) in [6.07, 6.45) is 2.56. The SMILES string of the molecule is O=C(CCc1ccc2c(n1)NCCC2)NCC(=O)NC[C@H](CCC(=O)c1c(Cl)cccc1Cl)C(=O)O. The van der Waals surface area contributed by atoms with E-state index in [9.17, 15) is 24.3 Å². The maximum atomic E-state index is 12.5. The monoisotopic (exact) mass is 534 g/mol. The zero-order valence-corrected chi connectivity index (χ0v) is 21.1. The molecule has 0 radical (unpaired) electrons.